The van der Waals surface area contributed by atoms with Gasteiger partial charge in [-0.3, -0.25) is 4.79 Å². The van der Waals surface area contributed by atoms with Crippen LogP contribution in [-0.4, -0.2) is 31.1 Å². The summed E-state index contributed by atoms with van der Waals surface area (Å²) >= 11 is 1.41. The minimum atomic E-state index is -0.790. The highest BCUT2D eigenvalue weighted by atomic mass is 32.2. The smallest absolute Gasteiger partial charge is 0.304 e. The Bertz CT molecular complexity index is 300. The average molecular weight is 201 g/mol. The van der Waals surface area contributed by atoms with Gasteiger partial charge in [-0.05, 0) is 0 Å². The van der Waals surface area contributed by atoms with E-state index >= 15 is 0 Å². The summed E-state index contributed by atoms with van der Waals surface area (Å²) < 4.78 is 1.77. The topological polar surface area (TPSA) is 68.0 Å². The Labute approximate surface area is 80.2 Å². The summed E-state index contributed by atoms with van der Waals surface area (Å²) in [5.41, 5.74) is 0. The van der Waals surface area contributed by atoms with Crippen molar-refractivity contribution in [3.63, 3.8) is 0 Å². The summed E-state index contributed by atoms with van der Waals surface area (Å²) in [7, 11) is 1.83. The molecule has 0 aromatic carbocycles. The number of carbonyl (C=O) groups is 1. The standard InChI is InChI=1S/C7H11N3O2S/c1-5(3-6(11)12)13-7-9-8-4-10(7)2/h4-5H,3H2,1-2H3,(H,11,12). The van der Waals surface area contributed by atoms with Crippen molar-refractivity contribution < 1.29 is 9.90 Å². The van der Waals surface area contributed by atoms with Crippen LogP contribution in [0.5, 0.6) is 0 Å². The van der Waals surface area contributed by atoms with Crippen molar-refractivity contribution in [2.75, 3.05) is 0 Å². The molecule has 6 heteroatoms. The molecule has 1 atom stereocenters. The highest BCUT2D eigenvalue weighted by molar-refractivity contribution is 7.99. The third kappa shape index (κ3) is 3.06. The lowest BCUT2D eigenvalue weighted by molar-refractivity contribution is -0.136. The van der Waals surface area contributed by atoms with E-state index < -0.39 is 5.97 Å². The van der Waals surface area contributed by atoms with Crippen LogP contribution in [0, 0.1) is 0 Å². The molecule has 0 saturated heterocycles. The molecule has 0 aliphatic heterocycles. The quantitative estimate of drug-likeness (QED) is 0.729. The average Bonchev–Trinajstić information content (AvgIpc) is 2.34. The van der Waals surface area contributed by atoms with Crippen LogP contribution in [0.25, 0.3) is 0 Å². The molecule has 1 unspecified atom stereocenters. The van der Waals surface area contributed by atoms with Crippen molar-refractivity contribution in [2.24, 2.45) is 7.05 Å². The molecular weight excluding hydrogens is 190 g/mol. The normalized spacial score (nSPS) is 12.8. The highest BCUT2D eigenvalue weighted by Crippen LogP contribution is 2.21. The van der Waals surface area contributed by atoms with Gasteiger partial charge in [-0.15, -0.1) is 10.2 Å². The van der Waals surface area contributed by atoms with Crippen LogP contribution in [0.1, 0.15) is 13.3 Å². The molecule has 13 heavy (non-hydrogen) atoms. The van der Waals surface area contributed by atoms with E-state index in [1.165, 1.54) is 11.8 Å². The maximum absolute atomic E-state index is 10.4. The lowest BCUT2D eigenvalue weighted by atomic mass is 10.3. The van der Waals surface area contributed by atoms with Gasteiger partial charge < -0.3 is 9.67 Å². The molecular formula is C7H11N3O2S. The summed E-state index contributed by atoms with van der Waals surface area (Å²) in [5.74, 6) is -0.790. The van der Waals surface area contributed by atoms with Gasteiger partial charge in [0.25, 0.3) is 0 Å². The largest absolute Gasteiger partial charge is 0.481 e. The van der Waals surface area contributed by atoms with Crippen molar-refractivity contribution in [1.82, 2.24) is 14.8 Å². The first-order valence-corrected chi connectivity index (χ1v) is 4.70. The van der Waals surface area contributed by atoms with Gasteiger partial charge >= 0.3 is 5.97 Å². The number of aryl methyl sites for hydroxylation is 1. The molecule has 1 aromatic rings. The van der Waals surface area contributed by atoms with Crippen LogP contribution in [0.3, 0.4) is 0 Å². The Balaban J connectivity index is 2.49. The fraction of sp³-hybridized carbons (Fsp3) is 0.571. The van der Waals surface area contributed by atoms with Crippen molar-refractivity contribution in [2.45, 2.75) is 23.8 Å². The van der Waals surface area contributed by atoms with Gasteiger partial charge in [-0.2, -0.15) is 0 Å². The Morgan fingerprint density at radius 3 is 3.00 bits per heavy atom. The second-order valence-corrected chi connectivity index (χ2v) is 4.16. The number of thioether (sulfide) groups is 1. The van der Waals surface area contributed by atoms with Crippen molar-refractivity contribution >= 4 is 17.7 Å². The lowest BCUT2D eigenvalue weighted by Crippen LogP contribution is -2.06. The molecule has 72 valence electrons. The maximum atomic E-state index is 10.4. The van der Waals surface area contributed by atoms with E-state index in [1.54, 1.807) is 10.9 Å². The highest BCUT2D eigenvalue weighted by Gasteiger charge is 2.11. The molecule has 1 heterocycles. The second kappa shape index (κ2) is 4.27. The third-order valence-corrected chi connectivity index (χ3v) is 2.59. The van der Waals surface area contributed by atoms with Gasteiger partial charge in [0.1, 0.15) is 6.33 Å². The molecule has 0 saturated carbocycles. The molecule has 1 N–H and O–H groups in total. The molecule has 1 aromatic heterocycles. The van der Waals surface area contributed by atoms with Crippen LogP contribution in [0.2, 0.25) is 0 Å². The predicted octanol–water partition coefficient (Wildman–Crippen LogP) is 0.770. The summed E-state index contributed by atoms with van der Waals surface area (Å²) in [6, 6.07) is 0. The van der Waals surface area contributed by atoms with Gasteiger partial charge in [0.15, 0.2) is 5.16 Å². The zero-order chi connectivity index (χ0) is 9.84. The van der Waals surface area contributed by atoms with E-state index in [1.807, 2.05) is 14.0 Å². The van der Waals surface area contributed by atoms with Gasteiger partial charge in [-0.1, -0.05) is 18.7 Å². The number of rotatable bonds is 4. The molecule has 0 radical (unpaired) electrons. The van der Waals surface area contributed by atoms with Crippen LogP contribution in [-0.2, 0) is 11.8 Å². The molecule has 0 amide bonds. The van der Waals surface area contributed by atoms with E-state index in [0.717, 1.165) is 5.16 Å². The minimum Gasteiger partial charge on any atom is -0.481 e. The zero-order valence-electron chi connectivity index (χ0n) is 7.47. The van der Waals surface area contributed by atoms with Gasteiger partial charge in [-0.25, -0.2) is 0 Å². The molecule has 0 fully saturated rings. The molecule has 0 spiro atoms. The summed E-state index contributed by atoms with van der Waals surface area (Å²) in [6.07, 6.45) is 1.73. The molecule has 0 bridgehead atoms. The Morgan fingerprint density at radius 1 is 1.85 bits per heavy atom. The Morgan fingerprint density at radius 2 is 2.54 bits per heavy atom. The van der Waals surface area contributed by atoms with Gasteiger partial charge in [0.05, 0.1) is 6.42 Å². The monoisotopic (exact) mass is 201 g/mol. The number of carboxylic acid groups (broad SMARTS) is 1. The van der Waals surface area contributed by atoms with Crippen LogP contribution >= 0.6 is 11.8 Å². The van der Waals surface area contributed by atoms with E-state index in [4.69, 9.17) is 5.11 Å². The molecule has 1 rings (SSSR count). The Hall–Kier alpha value is -1.04. The predicted molar refractivity (Wildman–Crippen MR) is 48.6 cm³/mol. The van der Waals surface area contributed by atoms with Crippen LogP contribution < -0.4 is 0 Å². The van der Waals surface area contributed by atoms with E-state index in [0.29, 0.717) is 0 Å². The molecule has 5 nitrogen and oxygen atoms in total. The van der Waals surface area contributed by atoms with E-state index in [9.17, 15) is 4.79 Å². The van der Waals surface area contributed by atoms with Crippen LogP contribution in [0.15, 0.2) is 11.5 Å². The van der Waals surface area contributed by atoms with Crippen LogP contribution in [0.4, 0.5) is 0 Å². The summed E-state index contributed by atoms with van der Waals surface area (Å²) in [4.78, 5) is 10.4. The maximum Gasteiger partial charge on any atom is 0.304 e. The zero-order valence-corrected chi connectivity index (χ0v) is 8.28. The third-order valence-electron chi connectivity index (χ3n) is 1.44. The van der Waals surface area contributed by atoms with Crippen molar-refractivity contribution in [1.29, 1.82) is 0 Å². The number of hydrogen-bond donors (Lipinski definition) is 1. The first kappa shape index (κ1) is 10.0. The second-order valence-electron chi connectivity index (χ2n) is 2.75. The van der Waals surface area contributed by atoms with Crippen molar-refractivity contribution in [3.05, 3.63) is 6.33 Å². The fourth-order valence-corrected chi connectivity index (χ4v) is 1.74. The number of nitrogens with zero attached hydrogens (tertiary/aromatic N) is 3. The minimum absolute atomic E-state index is 0.0143. The van der Waals surface area contributed by atoms with Gasteiger partial charge in [0, 0.05) is 12.3 Å². The number of aromatic nitrogens is 3. The van der Waals surface area contributed by atoms with E-state index in [2.05, 4.69) is 10.2 Å². The number of aliphatic carboxylic acids is 1. The fourth-order valence-electron chi connectivity index (χ4n) is 0.847. The first-order valence-electron chi connectivity index (χ1n) is 3.82. The van der Waals surface area contributed by atoms with E-state index in [-0.39, 0.29) is 11.7 Å². The first-order chi connectivity index (χ1) is 6.09. The molecule has 0 aliphatic carbocycles. The van der Waals surface area contributed by atoms with Crippen molar-refractivity contribution in [3.8, 4) is 0 Å². The summed E-state index contributed by atoms with van der Waals surface area (Å²) in [5, 5.41) is 16.8. The number of hydrogen-bond acceptors (Lipinski definition) is 4. The lowest BCUT2D eigenvalue weighted by Gasteiger charge is -2.06. The SMILES string of the molecule is CC(CC(=O)O)Sc1nncn1C. The Kier molecular flexibility index (Phi) is 3.30. The summed E-state index contributed by atoms with van der Waals surface area (Å²) in [6.45, 7) is 1.85. The number of carboxylic acids is 1. The molecule has 0 aliphatic rings. The van der Waals surface area contributed by atoms with Gasteiger partial charge in [0.2, 0.25) is 0 Å².